The number of thiocarbonyl (C=S) groups is 1. The third-order valence-corrected chi connectivity index (χ3v) is 4.09. The van der Waals surface area contributed by atoms with Crippen LogP contribution in [0.25, 0.3) is 0 Å². The normalized spacial score (nSPS) is 10.6. The van der Waals surface area contributed by atoms with Crippen LogP contribution in [0.2, 0.25) is 0 Å². The Hall–Kier alpha value is -1.74. The summed E-state index contributed by atoms with van der Waals surface area (Å²) >= 11 is 7.20. The van der Waals surface area contributed by atoms with E-state index in [1.165, 1.54) is 6.07 Å². The molecule has 0 radical (unpaired) electrons. The van der Waals surface area contributed by atoms with Crippen molar-refractivity contribution in [2.45, 2.75) is 13.5 Å². The molecule has 2 aromatic carbocycles. The lowest BCUT2D eigenvalue weighted by Crippen LogP contribution is -2.31. The van der Waals surface area contributed by atoms with Gasteiger partial charge in [-0.1, -0.05) is 18.2 Å². The summed E-state index contributed by atoms with van der Waals surface area (Å²) in [6, 6.07) is 12.2. The van der Waals surface area contributed by atoms with Crippen LogP contribution in [0.3, 0.4) is 0 Å². The summed E-state index contributed by atoms with van der Waals surface area (Å²) in [5.41, 5.74) is 4.17. The second-order valence-electron chi connectivity index (χ2n) is 4.80. The predicted octanol–water partition coefficient (Wildman–Crippen LogP) is 3.83. The lowest BCUT2D eigenvalue weighted by molar-refractivity contribution is 0.297. The molecular weight excluding hydrogens is 440 g/mol. The van der Waals surface area contributed by atoms with Crippen molar-refractivity contribution in [1.29, 1.82) is 0 Å². The standard InChI is InChI=1S/C17H17FIN3OS/c1-2-20-17(24)22-21-10-12-7-8-16(15(19)9-12)23-11-13-5-3-4-6-14(13)18/h3-10H,2,11H2,1H3,(H2,20,22,24)/b21-10-. The zero-order valence-electron chi connectivity index (χ0n) is 13.1. The van der Waals surface area contributed by atoms with Gasteiger partial charge in [0, 0.05) is 12.1 Å². The zero-order valence-corrected chi connectivity index (χ0v) is 16.0. The van der Waals surface area contributed by atoms with Gasteiger partial charge in [0.1, 0.15) is 18.2 Å². The molecule has 126 valence electrons. The summed E-state index contributed by atoms with van der Waals surface area (Å²) in [6.07, 6.45) is 1.67. The molecule has 2 aromatic rings. The molecular formula is C17H17FIN3OS. The Morgan fingerprint density at radius 2 is 2.12 bits per heavy atom. The molecule has 2 N–H and O–H groups in total. The second kappa shape index (κ2) is 9.53. The number of hydrogen-bond donors (Lipinski definition) is 2. The molecule has 0 aliphatic heterocycles. The van der Waals surface area contributed by atoms with E-state index in [1.807, 2.05) is 25.1 Å². The maximum atomic E-state index is 13.6. The smallest absolute Gasteiger partial charge is 0.186 e. The van der Waals surface area contributed by atoms with Gasteiger partial charge in [0.05, 0.1) is 9.78 Å². The van der Waals surface area contributed by atoms with Crippen LogP contribution in [0, 0.1) is 9.39 Å². The molecule has 0 aromatic heterocycles. The fraction of sp³-hybridized carbons (Fsp3) is 0.176. The zero-order chi connectivity index (χ0) is 17.4. The average Bonchev–Trinajstić information content (AvgIpc) is 2.56. The summed E-state index contributed by atoms with van der Waals surface area (Å²) in [4.78, 5) is 0. The Bertz CT molecular complexity index is 740. The van der Waals surface area contributed by atoms with Crippen molar-refractivity contribution in [2.75, 3.05) is 6.54 Å². The number of nitrogens with zero attached hydrogens (tertiary/aromatic N) is 1. The van der Waals surface area contributed by atoms with Crippen LogP contribution in [-0.4, -0.2) is 17.9 Å². The lowest BCUT2D eigenvalue weighted by atomic mass is 10.2. The largest absolute Gasteiger partial charge is 0.488 e. The van der Waals surface area contributed by atoms with Gasteiger partial charge in [0.25, 0.3) is 0 Å². The van der Waals surface area contributed by atoms with Gasteiger partial charge in [-0.05, 0) is 71.6 Å². The highest BCUT2D eigenvalue weighted by molar-refractivity contribution is 14.1. The van der Waals surface area contributed by atoms with Crippen molar-refractivity contribution in [3.8, 4) is 5.75 Å². The van der Waals surface area contributed by atoms with Crippen molar-refractivity contribution in [3.05, 3.63) is 63.0 Å². The molecule has 0 aliphatic rings. The van der Waals surface area contributed by atoms with Crippen LogP contribution in [0.1, 0.15) is 18.1 Å². The third-order valence-electron chi connectivity index (χ3n) is 3.01. The number of ether oxygens (including phenoxy) is 1. The number of hydrogen-bond acceptors (Lipinski definition) is 3. The summed E-state index contributed by atoms with van der Waals surface area (Å²) in [7, 11) is 0. The van der Waals surface area contributed by atoms with Gasteiger partial charge >= 0.3 is 0 Å². The van der Waals surface area contributed by atoms with Crippen molar-refractivity contribution in [3.63, 3.8) is 0 Å². The first-order valence-corrected chi connectivity index (χ1v) is 8.81. The van der Waals surface area contributed by atoms with Crippen molar-refractivity contribution < 1.29 is 9.13 Å². The molecule has 0 bridgehead atoms. The second-order valence-corrected chi connectivity index (χ2v) is 6.37. The molecule has 0 amide bonds. The molecule has 0 aliphatic carbocycles. The molecule has 0 fully saturated rings. The van der Waals surface area contributed by atoms with Crippen LogP contribution < -0.4 is 15.5 Å². The summed E-state index contributed by atoms with van der Waals surface area (Å²) in [5, 5.41) is 7.49. The van der Waals surface area contributed by atoms with Gasteiger partial charge in [0.15, 0.2) is 5.11 Å². The molecule has 0 spiro atoms. The minimum atomic E-state index is -0.265. The van der Waals surface area contributed by atoms with E-state index >= 15 is 0 Å². The van der Waals surface area contributed by atoms with Crippen LogP contribution in [-0.2, 0) is 6.61 Å². The van der Waals surface area contributed by atoms with Crippen molar-refractivity contribution in [1.82, 2.24) is 10.7 Å². The first-order valence-electron chi connectivity index (χ1n) is 7.32. The van der Waals surface area contributed by atoms with E-state index in [0.29, 0.717) is 16.4 Å². The van der Waals surface area contributed by atoms with E-state index < -0.39 is 0 Å². The number of hydrazone groups is 1. The van der Waals surface area contributed by atoms with Gasteiger partial charge in [-0.3, -0.25) is 5.43 Å². The van der Waals surface area contributed by atoms with E-state index in [1.54, 1.807) is 24.4 Å². The van der Waals surface area contributed by atoms with Crippen LogP contribution in [0.15, 0.2) is 47.6 Å². The van der Waals surface area contributed by atoms with Crippen LogP contribution in [0.5, 0.6) is 5.75 Å². The first kappa shape index (κ1) is 18.6. The summed E-state index contributed by atoms with van der Waals surface area (Å²) in [6.45, 7) is 2.89. The molecule has 2 rings (SSSR count). The number of rotatable bonds is 6. The van der Waals surface area contributed by atoms with Gasteiger partial charge in [0.2, 0.25) is 0 Å². The first-order chi connectivity index (χ1) is 11.6. The Morgan fingerprint density at radius 3 is 2.83 bits per heavy atom. The van der Waals surface area contributed by atoms with Gasteiger partial charge in [-0.25, -0.2) is 4.39 Å². The van der Waals surface area contributed by atoms with E-state index in [-0.39, 0.29) is 12.4 Å². The molecule has 0 unspecified atom stereocenters. The molecule has 0 atom stereocenters. The van der Waals surface area contributed by atoms with Crippen molar-refractivity contribution in [2.24, 2.45) is 5.10 Å². The van der Waals surface area contributed by atoms with E-state index in [0.717, 1.165) is 15.7 Å². The van der Waals surface area contributed by atoms with Gasteiger partial charge in [-0.15, -0.1) is 0 Å². The quantitative estimate of drug-likeness (QED) is 0.300. The van der Waals surface area contributed by atoms with Crippen LogP contribution in [0.4, 0.5) is 4.39 Å². The van der Waals surface area contributed by atoms with Gasteiger partial charge < -0.3 is 10.1 Å². The highest BCUT2D eigenvalue weighted by Gasteiger charge is 2.05. The highest BCUT2D eigenvalue weighted by Crippen LogP contribution is 2.23. The topological polar surface area (TPSA) is 45.7 Å². The molecule has 4 nitrogen and oxygen atoms in total. The third kappa shape index (κ3) is 5.72. The minimum Gasteiger partial charge on any atom is -0.488 e. The fourth-order valence-corrected chi connectivity index (χ4v) is 2.74. The van der Waals surface area contributed by atoms with Crippen LogP contribution >= 0.6 is 34.8 Å². The number of nitrogens with one attached hydrogen (secondary N) is 2. The minimum absolute atomic E-state index is 0.189. The number of benzene rings is 2. The number of halogens is 2. The van der Waals surface area contributed by atoms with E-state index in [2.05, 4.69) is 38.4 Å². The Labute approximate surface area is 159 Å². The summed E-state index contributed by atoms with van der Waals surface area (Å²) < 4.78 is 20.2. The molecule has 7 heteroatoms. The Balaban J connectivity index is 1.95. The SMILES string of the molecule is CCNC(=S)N/N=C\c1ccc(OCc2ccccc2F)c(I)c1. The molecule has 24 heavy (non-hydrogen) atoms. The monoisotopic (exact) mass is 457 g/mol. The fourth-order valence-electron chi connectivity index (χ4n) is 1.85. The van der Waals surface area contributed by atoms with E-state index in [4.69, 9.17) is 17.0 Å². The van der Waals surface area contributed by atoms with E-state index in [9.17, 15) is 4.39 Å². The molecule has 0 heterocycles. The maximum Gasteiger partial charge on any atom is 0.186 e. The Kier molecular flexibility index (Phi) is 7.38. The highest BCUT2D eigenvalue weighted by atomic mass is 127. The average molecular weight is 457 g/mol. The van der Waals surface area contributed by atoms with Crippen molar-refractivity contribution >= 4 is 46.1 Å². The Morgan fingerprint density at radius 1 is 1.33 bits per heavy atom. The molecule has 0 saturated heterocycles. The predicted molar refractivity (Wildman–Crippen MR) is 107 cm³/mol. The lowest BCUT2D eigenvalue weighted by Gasteiger charge is -2.09. The van der Waals surface area contributed by atoms with Gasteiger partial charge in [-0.2, -0.15) is 5.10 Å². The molecule has 0 saturated carbocycles. The maximum absolute atomic E-state index is 13.6. The summed E-state index contributed by atoms with van der Waals surface area (Å²) in [5.74, 6) is 0.436.